The molecule has 2 aromatic rings. The van der Waals surface area contributed by atoms with E-state index in [1.807, 2.05) is 23.1 Å². The largest absolute Gasteiger partial charge is 0.391 e. The van der Waals surface area contributed by atoms with E-state index in [0.717, 1.165) is 63.7 Å². The number of likely N-dealkylation sites (tertiary alicyclic amines) is 1. The molecule has 2 aliphatic heterocycles. The molecular weight excluding hydrogens is 374 g/mol. The van der Waals surface area contributed by atoms with Crippen molar-refractivity contribution in [2.24, 2.45) is 11.8 Å². The Morgan fingerprint density at radius 3 is 2.53 bits per heavy atom. The summed E-state index contributed by atoms with van der Waals surface area (Å²) in [7, 11) is 2.20. The zero-order valence-corrected chi connectivity index (χ0v) is 18.3. The number of aromatic nitrogens is 2. The molecular formula is C24H35N5O. The standard InChI is InChI=1S/C24H35N5O/c1-18-12-22(29-7-3-6-25-29)5-4-19(18)15-27-16-20-13-23(24(30)14-21(20)17-27)28-10-8-26(2)9-11-28/h3-7,12,20-21,23-24,30H,8-11,13-17H2,1-2H3/t20-,21+,23-,24-/m1/s1. The number of nitrogens with zero attached hydrogens (tertiary/aromatic N) is 5. The van der Waals surface area contributed by atoms with Crippen molar-refractivity contribution in [3.63, 3.8) is 0 Å². The van der Waals surface area contributed by atoms with E-state index in [9.17, 15) is 5.11 Å². The molecule has 0 radical (unpaired) electrons. The van der Waals surface area contributed by atoms with Gasteiger partial charge in [0.05, 0.1) is 11.8 Å². The topological polar surface area (TPSA) is 47.8 Å². The maximum atomic E-state index is 10.9. The predicted molar refractivity (Wildman–Crippen MR) is 119 cm³/mol. The number of piperazine rings is 1. The lowest BCUT2D eigenvalue weighted by Gasteiger charge is -2.44. The van der Waals surface area contributed by atoms with Crippen LogP contribution in [0.5, 0.6) is 0 Å². The fourth-order valence-electron chi connectivity index (χ4n) is 5.84. The van der Waals surface area contributed by atoms with Crippen LogP contribution in [0.25, 0.3) is 5.69 Å². The summed E-state index contributed by atoms with van der Waals surface area (Å²) in [6.45, 7) is 9.95. The monoisotopic (exact) mass is 409 g/mol. The summed E-state index contributed by atoms with van der Waals surface area (Å²) < 4.78 is 1.92. The van der Waals surface area contributed by atoms with E-state index >= 15 is 0 Å². The minimum Gasteiger partial charge on any atom is -0.391 e. The first-order valence-corrected chi connectivity index (χ1v) is 11.5. The van der Waals surface area contributed by atoms with Crippen LogP contribution in [0.2, 0.25) is 0 Å². The lowest BCUT2D eigenvalue weighted by atomic mass is 9.77. The average molecular weight is 410 g/mol. The van der Waals surface area contributed by atoms with Gasteiger partial charge in [-0.25, -0.2) is 4.68 Å². The van der Waals surface area contributed by atoms with Gasteiger partial charge in [-0.2, -0.15) is 5.10 Å². The Morgan fingerprint density at radius 1 is 1.07 bits per heavy atom. The summed E-state index contributed by atoms with van der Waals surface area (Å²) >= 11 is 0. The van der Waals surface area contributed by atoms with Crippen molar-refractivity contribution < 1.29 is 5.11 Å². The van der Waals surface area contributed by atoms with E-state index in [0.29, 0.717) is 12.0 Å². The zero-order chi connectivity index (χ0) is 20.7. The first-order chi connectivity index (χ1) is 14.6. The molecule has 6 nitrogen and oxygen atoms in total. The van der Waals surface area contributed by atoms with Crippen LogP contribution in [-0.4, -0.2) is 88.0 Å². The summed E-state index contributed by atoms with van der Waals surface area (Å²) in [5.74, 6) is 1.37. The SMILES string of the molecule is Cc1cc(-n2cccn2)ccc1CN1C[C@H]2C[C@@H](N3CCN(C)CC3)[C@H](O)C[C@H]2C1. The Balaban J connectivity index is 1.22. The Kier molecular flexibility index (Phi) is 5.67. The number of hydrogen-bond donors (Lipinski definition) is 1. The molecule has 1 aromatic heterocycles. The second-order valence-corrected chi connectivity index (χ2v) is 9.72. The Labute approximate surface area is 180 Å². The summed E-state index contributed by atoms with van der Waals surface area (Å²) in [4.78, 5) is 7.57. The van der Waals surface area contributed by atoms with Gasteiger partial charge in [-0.05, 0) is 68.0 Å². The van der Waals surface area contributed by atoms with Gasteiger partial charge in [0.1, 0.15) is 0 Å². The average Bonchev–Trinajstić information content (AvgIpc) is 3.39. The van der Waals surface area contributed by atoms with E-state index in [2.05, 4.69) is 52.0 Å². The molecule has 0 amide bonds. The molecule has 5 rings (SSSR count). The van der Waals surface area contributed by atoms with Crippen LogP contribution < -0.4 is 0 Å². The molecule has 4 atom stereocenters. The molecule has 0 spiro atoms. The first-order valence-electron chi connectivity index (χ1n) is 11.5. The molecule has 0 bridgehead atoms. The van der Waals surface area contributed by atoms with Crippen molar-refractivity contribution in [3.8, 4) is 5.69 Å². The van der Waals surface area contributed by atoms with E-state index in [-0.39, 0.29) is 6.10 Å². The van der Waals surface area contributed by atoms with Gasteiger partial charge in [0.15, 0.2) is 0 Å². The summed E-state index contributed by atoms with van der Waals surface area (Å²) in [5, 5.41) is 15.2. The maximum absolute atomic E-state index is 10.9. The summed E-state index contributed by atoms with van der Waals surface area (Å²) in [6.07, 6.45) is 5.77. The van der Waals surface area contributed by atoms with Gasteiger partial charge in [-0.15, -0.1) is 0 Å². The molecule has 6 heteroatoms. The second-order valence-electron chi connectivity index (χ2n) is 9.72. The zero-order valence-electron chi connectivity index (χ0n) is 18.3. The van der Waals surface area contributed by atoms with Crippen molar-refractivity contribution >= 4 is 0 Å². The molecule has 1 N–H and O–H groups in total. The quantitative estimate of drug-likeness (QED) is 0.837. The van der Waals surface area contributed by atoms with Crippen LogP contribution in [0.15, 0.2) is 36.7 Å². The van der Waals surface area contributed by atoms with Crippen LogP contribution in [0, 0.1) is 18.8 Å². The summed E-state index contributed by atoms with van der Waals surface area (Å²) in [6, 6.07) is 8.98. The predicted octanol–water partition coefficient (Wildman–Crippen LogP) is 2.00. The molecule has 2 saturated heterocycles. The lowest BCUT2D eigenvalue weighted by molar-refractivity contribution is -0.0249. The Bertz CT molecular complexity index is 845. The fourth-order valence-corrected chi connectivity index (χ4v) is 5.84. The van der Waals surface area contributed by atoms with Gasteiger partial charge in [0.25, 0.3) is 0 Å². The van der Waals surface area contributed by atoms with E-state index in [1.54, 1.807) is 0 Å². The molecule has 30 heavy (non-hydrogen) atoms. The van der Waals surface area contributed by atoms with E-state index in [1.165, 1.54) is 17.7 Å². The molecule has 3 fully saturated rings. The first kappa shape index (κ1) is 20.2. The van der Waals surface area contributed by atoms with Gasteiger partial charge < -0.3 is 10.0 Å². The van der Waals surface area contributed by atoms with Gasteiger partial charge >= 0.3 is 0 Å². The minimum absolute atomic E-state index is 0.162. The number of hydrogen-bond acceptors (Lipinski definition) is 5. The number of rotatable bonds is 4. The summed E-state index contributed by atoms with van der Waals surface area (Å²) in [5.41, 5.74) is 3.85. The highest BCUT2D eigenvalue weighted by Crippen LogP contribution is 2.39. The van der Waals surface area contributed by atoms with Crippen LogP contribution in [-0.2, 0) is 6.54 Å². The molecule has 162 valence electrons. The normalized spacial score (nSPS) is 31.2. The number of likely N-dealkylation sites (N-methyl/N-ethyl adjacent to an activating group) is 1. The van der Waals surface area contributed by atoms with Crippen molar-refractivity contribution in [3.05, 3.63) is 47.8 Å². The van der Waals surface area contributed by atoms with Gasteiger partial charge in [0.2, 0.25) is 0 Å². The maximum Gasteiger partial charge on any atom is 0.0698 e. The molecule has 1 aliphatic carbocycles. The second kappa shape index (κ2) is 8.42. The molecule has 1 aromatic carbocycles. The third-order valence-corrected chi connectivity index (χ3v) is 7.68. The van der Waals surface area contributed by atoms with E-state index in [4.69, 9.17) is 0 Å². The van der Waals surface area contributed by atoms with Crippen LogP contribution in [0.4, 0.5) is 0 Å². The Hall–Kier alpha value is -1.73. The van der Waals surface area contributed by atoms with Crippen LogP contribution in [0.3, 0.4) is 0 Å². The van der Waals surface area contributed by atoms with Gasteiger partial charge in [0, 0.05) is 64.2 Å². The van der Waals surface area contributed by atoms with Crippen molar-refractivity contribution in [1.29, 1.82) is 0 Å². The number of benzene rings is 1. The minimum atomic E-state index is -0.162. The van der Waals surface area contributed by atoms with E-state index < -0.39 is 0 Å². The molecule has 0 unspecified atom stereocenters. The van der Waals surface area contributed by atoms with Crippen LogP contribution in [0.1, 0.15) is 24.0 Å². The van der Waals surface area contributed by atoms with Crippen molar-refractivity contribution in [2.75, 3.05) is 46.3 Å². The van der Waals surface area contributed by atoms with Gasteiger partial charge in [-0.1, -0.05) is 6.07 Å². The fraction of sp³-hybridized carbons (Fsp3) is 0.625. The number of aliphatic hydroxyl groups is 1. The van der Waals surface area contributed by atoms with Crippen molar-refractivity contribution in [1.82, 2.24) is 24.5 Å². The number of aryl methyl sites for hydroxylation is 1. The highest BCUT2D eigenvalue weighted by molar-refractivity contribution is 5.39. The van der Waals surface area contributed by atoms with Crippen LogP contribution >= 0.6 is 0 Å². The van der Waals surface area contributed by atoms with Crippen molar-refractivity contribution in [2.45, 2.75) is 38.5 Å². The third kappa shape index (κ3) is 4.06. The number of fused-ring (bicyclic) bond motifs is 1. The highest BCUT2D eigenvalue weighted by Gasteiger charge is 2.43. The third-order valence-electron chi connectivity index (χ3n) is 7.68. The Morgan fingerprint density at radius 2 is 1.83 bits per heavy atom. The molecule has 1 saturated carbocycles. The highest BCUT2D eigenvalue weighted by atomic mass is 16.3. The lowest BCUT2D eigenvalue weighted by Crippen LogP contribution is -2.55. The van der Waals surface area contributed by atoms with Gasteiger partial charge in [-0.3, -0.25) is 9.80 Å². The molecule has 3 aliphatic rings. The smallest absolute Gasteiger partial charge is 0.0698 e. The molecule has 3 heterocycles. The number of aliphatic hydroxyl groups excluding tert-OH is 1.